The largest absolute Gasteiger partial charge is 0.396 e. The lowest BCUT2D eigenvalue weighted by Crippen LogP contribution is -2.33. The Hall–Kier alpha value is -1.02. The van der Waals surface area contributed by atoms with Gasteiger partial charge in [-0.15, -0.1) is 0 Å². The molecule has 1 aromatic rings. The van der Waals surface area contributed by atoms with Crippen molar-refractivity contribution in [2.45, 2.75) is 38.1 Å². The molecule has 2 heteroatoms. The molecule has 1 heterocycles. The van der Waals surface area contributed by atoms with Crippen LogP contribution in [0.4, 0.5) is 5.69 Å². The van der Waals surface area contributed by atoms with Crippen molar-refractivity contribution < 1.29 is 5.11 Å². The topological polar surface area (TPSA) is 32.3 Å². The third-order valence-electron chi connectivity index (χ3n) is 3.47. The summed E-state index contributed by atoms with van der Waals surface area (Å²) in [4.78, 5) is 0. The Morgan fingerprint density at radius 1 is 1.33 bits per heavy atom. The van der Waals surface area contributed by atoms with Gasteiger partial charge in [0.2, 0.25) is 0 Å². The molecular weight excluding hydrogens is 186 g/mol. The van der Waals surface area contributed by atoms with Crippen molar-refractivity contribution in [1.29, 1.82) is 0 Å². The van der Waals surface area contributed by atoms with Crippen LogP contribution >= 0.6 is 0 Å². The second-order valence-corrected chi connectivity index (χ2v) is 4.83. The third-order valence-corrected chi connectivity index (χ3v) is 3.47. The van der Waals surface area contributed by atoms with E-state index in [1.807, 2.05) is 0 Å². The van der Waals surface area contributed by atoms with E-state index in [4.69, 9.17) is 5.11 Å². The molecule has 1 aliphatic rings. The number of hydrogen-bond acceptors (Lipinski definition) is 2. The summed E-state index contributed by atoms with van der Waals surface area (Å²) in [6.45, 7) is 4.83. The van der Waals surface area contributed by atoms with E-state index in [-0.39, 0.29) is 12.0 Å². The highest BCUT2D eigenvalue weighted by molar-refractivity contribution is 5.61. The molecule has 2 N–H and O–H groups in total. The minimum absolute atomic E-state index is 0.172. The first-order valence-corrected chi connectivity index (χ1v) is 5.63. The number of fused-ring (bicyclic) bond motifs is 1. The van der Waals surface area contributed by atoms with E-state index in [1.54, 1.807) is 0 Å². The molecule has 2 rings (SSSR count). The molecule has 0 aromatic heterocycles. The lowest BCUT2D eigenvalue weighted by atomic mass is 9.79. The molecule has 0 aliphatic carbocycles. The molecule has 1 aliphatic heterocycles. The van der Waals surface area contributed by atoms with Crippen LogP contribution in [-0.4, -0.2) is 17.8 Å². The van der Waals surface area contributed by atoms with Crippen molar-refractivity contribution in [3.8, 4) is 0 Å². The third kappa shape index (κ3) is 1.74. The van der Waals surface area contributed by atoms with Gasteiger partial charge in [-0.3, -0.25) is 0 Å². The van der Waals surface area contributed by atoms with Crippen LogP contribution in [0.1, 0.15) is 32.3 Å². The molecule has 0 saturated heterocycles. The maximum absolute atomic E-state index is 8.89. The summed E-state index contributed by atoms with van der Waals surface area (Å²) in [5.41, 5.74) is 2.82. The first-order chi connectivity index (χ1) is 7.16. The molecular formula is C13H19NO. The average molecular weight is 205 g/mol. The summed E-state index contributed by atoms with van der Waals surface area (Å²) in [5.74, 6) is 0. The second kappa shape index (κ2) is 3.86. The van der Waals surface area contributed by atoms with Crippen LogP contribution in [0, 0.1) is 0 Å². The predicted octanol–water partition coefficient (Wildman–Crippen LogP) is 2.53. The van der Waals surface area contributed by atoms with Crippen LogP contribution in [0.25, 0.3) is 0 Å². The van der Waals surface area contributed by atoms with Gasteiger partial charge in [-0.2, -0.15) is 0 Å². The van der Waals surface area contributed by atoms with Crippen LogP contribution in [0.3, 0.4) is 0 Å². The van der Waals surface area contributed by atoms with Gasteiger partial charge >= 0.3 is 0 Å². The van der Waals surface area contributed by atoms with Crippen LogP contribution < -0.4 is 5.32 Å². The zero-order valence-corrected chi connectivity index (χ0v) is 9.46. The fourth-order valence-corrected chi connectivity index (χ4v) is 2.46. The maximum Gasteiger partial charge on any atom is 0.0431 e. The van der Waals surface area contributed by atoms with Gasteiger partial charge in [-0.25, -0.2) is 0 Å². The smallest absolute Gasteiger partial charge is 0.0431 e. The highest BCUT2D eigenvalue weighted by Crippen LogP contribution is 2.41. The van der Waals surface area contributed by atoms with Crippen molar-refractivity contribution in [3.63, 3.8) is 0 Å². The number of nitrogens with one attached hydrogen (secondary N) is 1. The monoisotopic (exact) mass is 205 g/mol. The molecule has 2 nitrogen and oxygen atoms in total. The molecule has 0 saturated carbocycles. The van der Waals surface area contributed by atoms with E-state index < -0.39 is 0 Å². The molecule has 15 heavy (non-hydrogen) atoms. The zero-order chi connectivity index (χ0) is 10.9. The molecule has 0 fully saturated rings. The van der Waals surface area contributed by atoms with Gasteiger partial charge in [0.15, 0.2) is 0 Å². The Labute approximate surface area is 91.3 Å². The standard InChI is InChI=1S/C13H19NO/c1-13(2)10-6-3-4-7-11(10)14-12(13)8-5-9-15/h3-4,6-7,12,14-15H,5,8-9H2,1-2H3. The van der Waals surface area contributed by atoms with Gasteiger partial charge in [0.05, 0.1) is 0 Å². The van der Waals surface area contributed by atoms with Crippen molar-refractivity contribution in [2.24, 2.45) is 0 Å². The Balaban J connectivity index is 2.22. The van der Waals surface area contributed by atoms with E-state index in [2.05, 4.69) is 43.4 Å². The van der Waals surface area contributed by atoms with Gasteiger partial charge < -0.3 is 10.4 Å². The van der Waals surface area contributed by atoms with Gasteiger partial charge in [0.25, 0.3) is 0 Å². The number of benzene rings is 1. The molecule has 0 amide bonds. The van der Waals surface area contributed by atoms with Crippen molar-refractivity contribution >= 4 is 5.69 Å². The number of anilines is 1. The van der Waals surface area contributed by atoms with E-state index >= 15 is 0 Å². The number of aliphatic hydroxyl groups is 1. The summed E-state index contributed by atoms with van der Waals surface area (Å²) < 4.78 is 0. The fraction of sp³-hybridized carbons (Fsp3) is 0.538. The molecule has 1 aromatic carbocycles. The molecule has 82 valence electrons. The average Bonchev–Trinajstić information content (AvgIpc) is 2.48. The van der Waals surface area contributed by atoms with Crippen LogP contribution in [0.15, 0.2) is 24.3 Å². The van der Waals surface area contributed by atoms with Gasteiger partial charge in [-0.05, 0) is 24.5 Å². The Morgan fingerprint density at radius 3 is 2.73 bits per heavy atom. The number of hydrogen-bond donors (Lipinski definition) is 2. The minimum Gasteiger partial charge on any atom is -0.396 e. The Bertz CT molecular complexity index is 346. The van der Waals surface area contributed by atoms with Crippen LogP contribution in [0.5, 0.6) is 0 Å². The lowest BCUT2D eigenvalue weighted by Gasteiger charge is -2.27. The van der Waals surface area contributed by atoms with E-state index in [9.17, 15) is 0 Å². The predicted molar refractivity (Wildman–Crippen MR) is 63.2 cm³/mol. The van der Waals surface area contributed by atoms with Crippen molar-refractivity contribution in [3.05, 3.63) is 29.8 Å². The SMILES string of the molecule is CC1(C)c2ccccc2NC1CCCO. The lowest BCUT2D eigenvalue weighted by molar-refractivity contribution is 0.273. The first-order valence-electron chi connectivity index (χ1n) is 5.63. The van der Waals surface area contributed by atoms with Gasteiger partial charge in [0.1, 0.15) is 0 Å². The highest BCUT2D eigenvalue weighted by Gasteiger charge is 2.38. The Kier molecular flexibility index (Phi) is 2.70. The fourth-order valence-electron chi connectivity index (χ4n) is 2.46. The molecule has 0 spiro atoms. The number of rotatable bonds is 3. The molecule has 0 radical (unpaired) electrons. The van der Waals surface area contributed by atoms with Gasteiger partial charge in [-0.1, -0.05) is 32.0 Å². The molecule has 1 unspecified atom stereocenters. The van der Waals surface area contributed by atoms with E-state index in [0.717, 1.165) is 12.8 Å². The summed E-state index contributed by atoms with van der Waals surface area (Å²) in [6.07, 6.45) is 1.90. The zero-order valence-electron chi connectivity index (χ0n) is 9.46. The van der Waals surface area contributed by atoms with Crippen LogP contribution in [0.2, 0.25) is 0 Å². The summed E-state index contributed by atoms with van der Waals surface area (Å²) >= 11 is 0. The van der Waals surface area contributed by atoms with E-state index in [0.29, 0.717) is 6.04 Å². The van der Waals surface area contributed by atoms with Crippen LogP contribution in [-0.2, 0) is 5.41 Å². The first kappa shape index (κ1) is 10.5. The quantitative estimate of drug-likeness (QED) is 0.794. The number of aliphatic hydroxyl groups excluding tert-OH is 1. The van der Waals surface area contributed by atoms with Crippen molar-refractivity contribution in [1.82, 2.24) is 0 Å². The van der Waals surface area contributed by atoms with Gasteiger partial charge in [0, 0.05) is 23.8 Å². The normalized spacial score (nSPS) is 22.2. The summed E-state index contributed by atoms with van der Waals surface area (Å²) in [6, 6.07) is 8.94. The molecule has 0 bridgehead atoms. The van der Waals surface area contributed by atoms with Crippen molar-refractivity contribution in [2.75, 3.05) is 11.9 Å². The highest BCUT2D eigenvalue weighted by atomic mass is 16.2. The number of para-hydroxylation sites is 1. The summed E-state index contributed by atoms with van der Waals surface area (Å²) in [5, 5.41) is 12.4. The Morgan fingerprint density at radius 2 is 2.07 bits per heavy atom. The molecule has 1 atom stereocenters. The summed E-state index contributed by atoms with van der Waals surface area (Å²) in [7, 11) is 0. The van der Waals surface area contributed by atoms with E-state index in [1.165, 1.54) is 11.3 Å². The maximum atomic E-state index is 8.89. The second-order valence-electron chi connectivity index (χ2n) is 4.83. The minimum atomic E-state index is 0.172.